The Morgan fingerprint density at radius 2 is 2.09 bits per heavy atom. The Hall–Kier alpha value is -3.18. The van der Waals surface area contributed by atoms with Gasteiger partial charge in [-0.2, -0.15) is 13.2 Å². The van der Waals surface area contributed by atoms with Gasteiger partial charge >= 0.3 is 6.18 Å². The molecule has 3 heterocycles. The van der Waals surface area contributed by atoms with Crippen molar-refractivity contribution in [3.8, 4) is 11.3 Å². The van der Waals surface area contributed by atoms with Crippen molar-refractivity contribution in [2.75, 3.05) is 5.32 Å². The van der Waals surface area contributed by atoms with Gasteiger partial charge in [-0.15, -0.1) is 11.3 Å². The van der Waals surface area contributed by atoms with Crippen molar-refractivity contribution < 1.29 is 27.6 Å². The molecule has 0 bridgehead atoms. The summed E-state index contributed by atoms with van der Waals surface area (Å²) in [5, 5.41) is 6.23. The molecule has 3 aromatic rings. The molecule has 178 valence electrons. The van der Waals surface area contributed by atoms with Gasteiger partial charge in [0.2, 0.25) is 11.8 Å². The van der Waals surface area contributed by atoms with Gasteiger partial charge in [-0.3, -0.25) is 19.7 Å². The lowest BCUT2D eigenvalue weighted by Crippen LogP contribution is -2.38. The Balaban J connectivity index is 1.49. The average molecular weight is 511 g/mol. The van der Waals surface area contributed by atoms with Gasteiger partial charge in [0.15, 0.2) is 5.13 Å². The molecular weight excluding hydrogens is 493 g/mol. The lowest BCUT2D eigenvalue weighted by molar-refractivity contribution is -0.137. The van der Waals surface area contributed by atoms with Crippen LogP contribution in [-0.4, -0.2) is 27.3 Å². The Bertz CT molecular complexity index is 1280. The number of hydrogen-bond donors (Lipinski definition) is 2. The Morgan fingerprint density at radius 1 is 1.32 bits per heavy atom. The van der Waals surface area contributed by atoms with Crippen molar-refractivity contribution >= 4 is 45.8 Å². The third-order valence-corrected chi connectivity index (χ3v) is 6.51. The van der Waals surface area contributed by atoms with Gasteiger partial charge in [0.1, 0.15) is 12.2 Å². The lowest BCUT2D eigenvalue weighted by Gasteiger charge is -2.17. The van der Waals surface area contributed by atoms with Crippen molar-refractivity contribution in [2.24, 2.45) is 5.92 Å². The summed E-state index contributed by atoms with van der Waals surface area (Å²) in [6.07, 6.45) is -1.90. The van der Waals surface area contributed by atoms with E-state index in [1.807, 2.05) is 0 Å². The number of fused-ring (bicyclic) bond motifs is 1. The molecule has 1 aliphatic rings. The summed E-state index contributed by atoms with van der Waals surface area (Å²) >= 11 is 6.71. The zero-order valence-electron chi connectivity index (χ0n) is 17.7. The fourth-order valence-corrected chi connectivity index (χ4v) is 4.56. The van der Waals surface area contributed by atoms with Crippen molar-refractivity contribution in [3.63, 3.8) is 0 Å². The molecule has 2 aromatic heterocycles. The molecule has 1 aromatic carbocycles. The zero-order valence-corrected chi connectivity index (χ0v) is 19.3. The van der Waals surface area contributed by atoms with Crippen LogP contribution in [0.25, 0.3) is 11.3 Å². The van der Waals surface area contributed by atoms with Crippen molar-refractivity contribution in [2.45, 2.75) is 32.5 Å². The maximum absolute atomic E-state index is 13.1. The van der Waals surface area contributed by atoms with Crippen LogP contribution in [0.5, 0.6) is 0 Å². The van der Waals surface area contributed by atoms with Crippen LogP contribution in [0.3, 0.4) is 0 Å². The van der Waals surface area contributed by atoms with Gasteiger partial charge in [-0.1, -0.05) is 24.6 Å². The molecule has 7 nitrogen and oxygen atoms in total. The highest BCUT2D eigenvalue weighted by Gasteiger charge is 2.33. The fourth-order valence-electron chi connectivity index (χ4n) is 3.60. The first-order valence-electron chi connectivity index (χ1n) is 10.2. The molecule has 1 atom stereocenters. The molecule has 34 heavy (non-hydrogen) atoms. The third-order valence-electron chi connectivity index (χ3n) is 5.43. The van der Waals surface area contributed by atoms with E-state index in [1.165, 1.54) is 16.0 Å². The minimum atomic E-state index is -4.61. The molecule has 4 rings (SSSR count). The summed E-state index contributed by atoms with van der Waals surface area (Å²) in [7, 11) is 0. The Morgan fingerprint density at radius 3 is 2.82 bits per heavy atom. The highest BCUT2D eigenvalue weighted by molar-refractivity contribution is 7.14. The van der Waals surface area contributed by atoms with Crippen LogP contribution in [0.4, 0.5) is 18.3 Å². The molecule has 2 N–H and O–H groups in total. The zero-order chi connectivity index (χ0) is 24.6. The minimum absolute atomic E-state index is 0.187. The number of halogens is 4. The molecular formula is C22H18ClF3N4O3S. The van der Waals surface area contributed by atoms with Crippen LogP contribution >= 0.6 is 22.9 Å². The maximum Gasteiger partial charge on any atom is 0.417 e. The lowest BCUT2D eigenvalue weighted by atomic mass is 9.98. The van der Waals surface area contributed by atoms with Gasteiger partial charge in [0.25, 0.3) is 5.91 Å². The number of aromatic nitrogens is 2. The van der Waals surface area contributed by atoms with E-state index < -0.39 is 28.6 Å². The maximum atomic E-state index is 13.1. The number of nitrogens with zero attached hydrogens (tertiary/aromatic N) is 2. The summed E-state index contributed by atoms with van der Waals surface area (Å²) in [5.74, 6) is -1.71. The van der Waals surface area contributed by atoms with Gasteiger partial charge in [0.05, 0.1) is 16.3 Å². The molecule has 0 radical (unpaired) electrons. The van der Waals surface area contributed by atoms with Crippen molar-refractivity contribution in [1.82, 2.24) is 14.9 Å². The number of benzene rings is 1. The standard InChI is InChI=1S/C22H18ClF3N4O3S/c1-11-2-3-12-6-7-30(18(12)20(33)29-19(11)32)9-17(31)28-21-27-16(10-34-21)13-4-5-15(23)14(8-13)22(24,25)26/h4-8,10-11H,2-3,9H2,1H3,(H,27,28,31)(H,29,32,33). The number of alkyl halides is 3. The van der Waals surface area contributed by atoms with Crippen LogP contribution in [0.1, 0.15) is 35.0 Å². The number of imide groups is 1. The van der Waals surface area contributed by atoms with E-state index in [9.17, 15) is 27.6 Å². The van der Waals surface area contributed by atoms with Crippen molar-refractivity contribution in [3.05, 3.63) is 57.7 Å². The van der Waals surface area contributed by atoms with Crippen LogP contribution < -0.4 is 10.6 Å². The van der Waals surface area contributed by atoms with Gasteiger partial charge in [-0.25, -0.2) is 4.98 Å². The number of amides is 3. The van der Waals surface area contributed by atoms with Crippen LogP contribution in [0, 0.1) is 5.92 Å². The number of hydrogen-bond acceptors (Lipinski definition) is 5. The van der Waals surface area contributed by atoms with Gasteiger partial charge in [0, 0.05) is 23.1 Å². The van der Waals surface area contributed by atoms with Crippen LogP contribution in [-0.2, 0) is 28.7 Å². The van der Waals surface area contributed by atoms with E-state index in [4.69, 9.17) is 11.6 Å². The van der Waals surface area contributed by atoms with Crippen LogP contribution in [0.2, 0.25) is 5.02 Å². The highest BCUT2D eigenvalue weighted by Crippen LogP contribution is 2.37. The third kappa shape index (κ3) is 5.00. The number of carbonyl (C=O) groups excluding carboxylic acids is 3. The Kier molecular flexibility index (Phi) is 6.50. The number of thiazole rings is 1. The second kappa shape index (κ2) is 9.22. The first-order chi connectivity index (χ1) is 16.0. The summed E-state index contributed by atoms with van der Waals surface area (Å²) < 4.78 is 40.8. The number of aryl methyl sites for hydroxylation is 1. The predicted molar refractivity (Wildman–Crippen MR) is 121 cm³/mol. The molecule has 0 fully saturated rings. The normalized spacial score (nSPS) is 16.4. The number of nitrogens with one attached hydrogen (secondary N) is 2. The van der Waals surface area contributed by atoms with Crippen molar-refractivity contribution in [1.29, 1.82) is 0 Å². The quantitative estimate of drug-likeness (QED) is 0.495. The number of anilines is 1. The second-order valence-electron chi connectivity index (χ2n) is 7.85. The molecule has 12 heteroatoms. The smallest absolute Gasteiger partial charge is 0.334 e. The molecule has 1 aliphatic heterocycles. The number of rotatable bonds is 4. The van der Waals surface area contributed by atoms with Gasteiger partial charge < -0.3 is 9.88 Å². The SMILES string of the molecule is CC1CCc2ccn(CC(=O)Nc3nc(-c4ccc(Cl)c(C(F)(F)F)c4)cs3)c2C(=O)NC1=O. The van der Waals surface area contributed by atoms with E-state index in [1.54, 1.807) is 19.2 Å². The van der Waals surface area contributed by atoms with E-state index in [0.717, 1.165) is 29.0 Å². The summed E-state index contributed by atoms with van der Waals surface area (Å²) in [6, 6.07) is 5.21. The molecule has 0 saturated carbocycles. The van der Waals surface area contributed by atoms with E-state index in [0.29, 0.717) is 12.8 Å². The van der Waals surface area contributed by atoms with E-state index in [2.05, 4.69) is 15.6 Å². The molecule has 3 amide bonds. The van der Waals surface area contributed by atoms with E-state index >= 15 is 0 Å². The van der Waals surface area contributed by atoms with Crippen LogP contribution in [0.15, 0.2) is 35.8 Å². The summed E-state index contributed by atoms with van der Waals surface area (Å²) in [4.78, 5) is 41.3. The molecule has 0 aliphatic carbocycles. The Labute approximate surface area is 200 Å². The molecule has 1 unspecified atom stereocenters. The predicted octanol–water partition coefficient (Wildman–Crippen LogP) is 4.76. The summed E-state index contributed by atoms with van der Waals surface area (Å²) in [5.41, 5.74) is 0.470. The highest BCUT2D eigenvalue weighted by atomic mass is 35.5. The molecule has 0 saturated heterocycles. The average Bonchev–Trinajstić information content (AvgIpc) is 3.37. The first-order valence-corrected chi connectivity index (χ1v) is 11.4. The molecule has 0 spiro atoms. The monoisotopic (exact) mass is 510 g/mol. The minimum Gasteiger partial charge on any atom is -0.334 e. The first kappa shape index (κ1) is 24.0. The largest absolute Gasteiger partial charge is 0.417 e. The summed E-state index contributed by atoms with van der Waals surface area (Å²) in [6.45, 7) is 1.54. The number of carbonyl (C=O) groups is 3. The second-order valence-corrected chi connectivity index (χ2v) is 9.12. The fraction of sp³-hybridized carbons (Fsp3) is 0.273. The van der Waals surface area contributed by atoms with Gasteiger partial charge in [-0.05, 0) is 36.6 Å². The van der Waals surface area contributed by atoms with E-state index in [-0.39, 0.29) is 40.5 Å². The topological polar surface area (TPSA) is 93.1 Å².